The number of piperazine rings is 1. The number of halogens is 1. The Labute approximate surface area is 167 Å². The second-order valence-electron chi connectivity index (χ2n) is 6.96. The molecule has 0 spiro atoms. The first-order chi connectivity index (χ1) is 13.8. The molecule has 3 rings (SSSR count). The van der Waals surface area contributed by atoms with Crippen LogP contribution in [0.5, 0.6) is 0 Å². The van der Waals surface area contributed by atoms with E-state index in [4.69, 9.17) is 0 Å². The van der Waals surface area contributed by atoms with Crippen molar-refractivity contribution >= 4 is 28.8 Å². The molecule has 1 amide bonds. The number of carbonyl (C=O) groups is 1. The Morgan fingerprint density at radius 3 is 2.55 bits per heavy atom. The molecule has 0 unspecified atom stereocenters. The van der Waals surface area contributed by atoms with E-state index in [0.29, 0.717) is 0 Å². The number of hydrogen-bond donors (Lipinski definition) is 2. The summed E-state index contributed by atoms with van der Waals surface area (Å²) in [6.45, 7) is 5.32. The number of aromatic nitrogens is 1. The first kappa shape index (κ1) is 20.5. The maximum atomic E-state index is 14.3. The first-order valence-corrected chi connectivity index (χ1v) is 9.21. The van der Waals surface area contributed by atoms with Crippen LogP contribution in [0.25, 0.3) is 0 Å². The number of nitrogens with zero attached hydrogens (tertiary/aromatic N) is 4. The Morgan fingerprint density at radius 1 is 1.24 bits per heavy atom. The summed E-state index contributed by atoms with van der Waals surface area (Å²) in [7, 11) is 2.09. The summed E-state index contributed by atoms with van der Waals surface area (Å²) in [4.78, 5) is 30.6. The van der Waals surface area contributed by atoms with E-state index in [9.17, 15) is 19.3 Å². The van der Waals surface area contributed by atoms with Gasteiger partial charge in [-0.05, 0) is 24.7 Å². The number of pyridine rings is 1. The van der Waals surface area contributed by atoms with E-state index in [-0.39, 0.29) is 17.9 Å². The van der Waals surface area contributed by atoms with Gasteiger partial charge in [0.25, 0.3) is 5.69 Å². The van der Waals surface area contributed by atoms with Gasteiger partial charge in [-0.1, -0.05) is 6.07 Å². The average molecular weight is 402 g/mol. The second-order valence-corrected chi connectivity index (χ2v) is 6.96. The van der Waals surface area contributed by atoms with Gasteiger partial charge in [0.2, 0.25) is 5.91 Å². The number of likely N-dealkylation sites (N-methyl/N-ethyl adjacent to an activating group) is 1. The summed E-state index contributed by atoms with van der Waals surface area (Å²) in [6.07, 6.45) is 1.72. The standard InChI is InChI=1S/C19H23FN6O3/c1-13(27)23-17-10-16(15(20)9-18(17)26(28)29)21-11-14-3-4-19(22-12-14)25-7-5-24(2)6-8-25/h3-4,9-10,12,21H,5-8,11H2,1-2H3,(H,23,27). The number of nitrogens with one attached hydrogen (secondary N) is 2. The van der Waals surface area contributed by atoms with Crippen molar-refractivity contribution in [2.24, 2.45) is 0 Å². The molecule has 10 heteroatoms. The number of hydrogen-bond acceptors (Lipinski definition) is 7. The van der Waals surface area contributed by atoms with Crippen molar-refractivity contribution in [3.63, 3.8) is 0 Å². The number of amides is 1. The summed E-state index contributed by atoms with van der Waals surface area (Å²) in [5.41, 5.74) is 0.334. The van der Waals surface area contributed by atoms with Gasteiger partial charge in [0, 0.05) is 45.8 Å². The van der Waals surface area contributed by atoms with E-state index >= 15 is 0 Å². The van der Waals surface area contributed by atoms with Crippen LogP contribution in [0.4, 0.5) is 27.3 Å². The van der Waals surface area contributed by atoms with Gasteiger partial charge in [0.1, 0.15) is 11.5 Å². The number of rotatable bonds is 6. The molecule has 0 saturated carbocycles. The van der Waals surface area contributed by atoms with Crippen molar-refractivity contribution in [3.8, 4) is 0 Å². The highest BCUT2D eigenvalue weighted by Crippen LogP contribution is 2.31. The lowest BCUT2D eigenvalue weighted by atomic mass is 10.2. The minimum Gasteiger partial charge on any atom is -0.378 e. The number of benzene rings is 1. The van der Waals surface area contributed by atoms with Gasteiger partial charge in [-0.2, -0.15) is 0 Å². The lowest BCUT2D eigenvalue weighted by Gasteiger charge is -2.33. The summed E-state index contributed by atoms with van der Waals surface area (Å²) >= 11 is 0. The molecule has 154 valence electrons. The van der Waals surface area contributed by atoms with Crippen LogP contribution in [0.1, 0.15) is 12.5 Å². The lowest BCUT2D eigenvalue weighted by Crippen LogP contribution is -2.44. The predicted molar refractivity (Wildman–Crippen MR) is 109 cm³/mol. The van der Waals surface area contributed by atoms with Gasteiger partial charge < -0.3 is 20.4 Å². The van der Waals surface area contributed by atoms with Gasteiger partial charge in [-0.3, -0.25) is 14.9 Å². The van der Waals surface area contributed by atoms with E-state index in [1.165, 1.54) is 13.0 Å². The van der Waals surface area contributed by atoms with Crippen molar-refractivity contribution in [2.75, 3.05) is 48.8 Å². The van der Waals surface area contributed by atoms with Gasteiger partial charge in [-0.25, -0.2) is 9.37 Å². The Bertz CT molecular complexity index is 898. The fourth-order valence-electron chi connectivity index (χ4n) is 3.08. The van der Waals surface area contributed by atoms with Crippen molar-refractivity contribution in [2.45, 2.75) is 13.5 Å². The molecule has 29 heavy (non-hydrogen) atoms. The normalized spacial score (nSPS) is 14.5. The molecule has 1 saturated heterocycles. The maximum Gasteiger partial charge on any atom is 0.295 e. The molecule has 9 nitrogen and oxygen atoms in total. The van der Waals surface area contributed by atoms with Crippen LogP contribution in [0, 0.1) is 15.9 Å². The van der Waals surface area contributed by atoms with Gasteiger partial charge in [0.05, 0.1) is 16.7 Å². The fourth-order valence-corrected chi connectivity index (χ4v) is 3.08. The zero-order valence-corrected chi connectivity index (χ0v) is 16.3. The van der Waals surface area contributed by atoms with Gasteiger partial charge in [-0.15, -0.1) is 0 Å². The third kappa shape index (κ3) is 5.17. The van der Waals surface area contributed by atoms with Crippen molar-refractivity contribution in [1.29, 1.82) is 0 Å². The minimum atomic E-state index is -0.771. The minimum absolute atomic E-state index is 0.0579. The van der Waals surface area contributed by atoms with Crippen LogP contribution in [-0.4, -0.2) is 53.9 Å². The van der Waals surface area contributed by atoms with E-state index in [0.717, 1.165) is 43.6 Å². The van der Waals surface area contributed by atoms with Crippen LogP contribution >= 0.6 is 0 Å². The van der Waals surface area contributed by atoms with Crippen molar-refractivity contribution in [3.05, 3.63) is 52.0 Å². The van der Waals surface area contributed by atoms with E-state index in [2.05, 4.69) is 32.5 Å². The molecule has 0 atom stereocenters. The zero-order valence-electron chi connectivity index (χ0n) is 16.3. The quantitative estimate of drug-likeness (QED) is 0.565. The molecule has 0 bridgehead atoms. The molecule has 2 N–H and O–H groups in total. The van der Waals surface area contributed by atoms with E-state index in [1.54, 1.807) is 6.20 Å². The highest BCUT2D eigenvalue weighted by molar-refractivity contribution is 5.92. The molecule has 1 aliphatic rings. The molecule has 0 radical (unpaired) electrons. The lowest BCUT2D eigenvalue weighted by molar-refractivity contribution is -0.384. The Balaban J connectivity index is 1.69. The third-order valence-electron chi connectivity index (χ3n) is 4.71. The second kappa shape index (κ2) is 8.82. The SMILES string of the molecule is CC(=O)Nc1cc(NCc2ccc(N3CCN(C)CC3)nc2)c(F)cc1[N+](=O)[O-]. The average Bonchev–Trinajstić information content (AvgIpc) is 2.68. The zero-order chi connectivity index (χ0) is 21.0. The number of nitro groups is 1. The summed E-state index contributed by atoms with van der Waals surface area (Å²) in [5.74, 6) is -0.349. The number of carbonyl (C=O) groups excluding carboxylic acids is 1. The topological polar surface area (TPSA) is 104 Å². The largest absolute Gasteiger partial charge is 0.378 e. The summed E-state index contributed by atoms with van der Waals surface area (Å²) in [6, 6.07) is 5.85. The molecule has 0 aliphatic carbocycles. The smallest absolute Gasteiger partial charge is 0.295 e. The molecular formula is C19H23FN6O3. The third-order valence-corrected chi connectivity index (χ3v) is 4.71. The molecule has 1 fully saturated rings. The van der Waals surface area contributed by atoms with Crippen LogP contribution in [0.15, 0.2) is 30.5 Å². The van der Waals surface area contributed by atoms with Crippen molar-refractivity contribution < 1.29 is 14.1 Å². The van der Waals surface area contributed by atoms with Crippen LogP contribution in [0.2, 0.25) is 0 Å². The number of nitro benzene ring substituents is 1. The van der Waals surface area contributed by atoms with Crippen LogP contribution in [0.3, 0.4) is 0 Å². The van der Waals surface area contributed by atoms with E-state index in [1.807, 2.05) is 12.1 Å². The monoisotopic (exact) mass is 402 g/mol. The summed E-state index contributed by atoms with van der Waals surface area (Å²) < 4.78 is 14.3. The highest BCUT2D eigenvalue weighted by atomic mass is 19.1. The van der Waals surface area contributed by atoms with Gasteiger partial charge >= 0.3 is 0 Å². The molecule has 1 aromatic heterocycles. The molecule has 2 aromatic rings. The van der Waals surface area contributed by atoms with Crippen LogP contribution in [-0.2, 0) is 11.3 Å². The maximum absolute atomic E-state index is 14.3. The first-order valence-electron chi connectivity index (χ1n) is 9.21. The highest BCUT2D eigenvalue weighted by Gasteiger charge is 2.19. The van der Waals surface area contributed by atoms with Gasteiger partial charge in [0.15, 0.2) is 5.82 Å². The Morgan fingerprint density at radius 2 is 1.97 bits per heavy atom. The van der Waals surface area contributed by atoms with E-state index < -0.39 is 22.3 Å². The Hall–Kier alpha value is -3.27. The molecule has 1 aliphatic heterocycles. The Kier molecular flexibility index (Phi) is 6.23. The van der Waals surface area contributed by atoms with Crippen LogP contribution < -0.4 is 15.5 Å². The van der Waals surface area contributed by atoms with Crippen molar-refractivity contribution in [1.82, 2.24) is 9.88 Å². The summed E-state index contributed by atoms with van der Waals surface area (Å²) in [5, 5.41) is 16.3. The number of anilines is 3. The predicted octanol–water partition coefficient (Wildman–Crippen LogP) is 2.45. The molecular weight excluding hydrogens is 379 g/mol. The molecule has 1 aromatic carbocycles. The fraction of sp³-hybridized carbons (Fsp3) is 0.368. The molecule has 2 heterocycles.